The Labute approximate surface area is 141 Å². The van der Waals surface area contributed by atoms with Gasteiger partial charge in [-0.2, -0.15) is 0 Å². The van der Waals surface area contributed by atoms with Crippen LogP contribution in [0.2, 0.25) is 15.1 Å². The highest BCUT2D eigenvalue weighted by molar-refractivity contribution is 8.00. The van der Waals surface area contributed by atoms with Crippen LogP contribution in [0.4, 0.5) is 5.82 Å². The van der Waals surface area contributed by atoms with Crippen LogP contribution in [-0.4, -0.2) is 16.6 Å². The number of amides is 1. The zero-order valence-corrected chi connectivity index (χ0v) is 13.7. The highest BCUT2D eigenvalue weighted by Crippen LogP contribution is 2.46. The number of anilines is 1. The molecule has 1 aliphatic rings. The third kappa shape index (κ3) is 2.86. The molecule has 0 bridgehead atoms. The van der Waals surface area contributed by atoms with Gasteiger partial charge < -0.3 is 0 Å². The molecule has 7 heteroatoms. The lowest BCUT2D eigenvalue weighted by molar-refractivity contribution is -0.115. The molecular formula is C14H9Cl3N2OS. The summed E-state index contributed by atoms with van der Waals surface area (Å²) in [5.41, 5.74) is 0.730. The SMILES string of the molecule is O=C1CSC(c2c(Cl)cccc2Cl)N1c1ccc(Cl)cn1. The molecule has 1 fully saturated rings. The summed E-state index contributed by atoms with van der Waals surface area (Å²) in [6, 6.07) is 8.72. The van der Waals surface area contributed by atoms with Gasteiger partial charge >= 0.3 is 0 Å². The van der Waals surface area contributed by atoms with Gasteiger partial charge in [0.1, 0.15) is 11.2 Å². The van der Waals surface area contributed by atoms with E-state index in [-0.39, 0.29) is 11.3 Å². The Balaban J connectivity index is 2.05. The minimum absolute atomic E-state index is 0.0317. The maximum atomic E-state index is 12.2. The molecule has 1 unspecified atom stereocenters. The van der Waals surface area contributed by atoms with Crippen molar-refractivity contribution in [3.63, 3.8) is 0 Å². The van der Waals surface area contributed by atoms with Crippen molar-refractivity contribution in [2.75, 3.05) is 10.7 Å². The summed E-state index contributed by atoms with van der Waals surface area (Å²) < 4.78 is 0. The van der Waals surface area contributed by atoms with Crippen molar-refractivity contribution in [1.29, 1.82) is 0 Å². The Morgan fingerprint density at radius 3 is 2.48 bits per heavy atom. The molecule has 0 N–H and O–H groups in total. The van der Waals surface area contributed by atoms with Crippen LogP contribution in [-0.2, 0) is 4.79 Å². The van der Waals surface area contributed by atoms with Crippen LogP contribution in [0.1, 0.15) is 10.9 Å². The number of benzene rings is 1. The molecule has 1 aromatic heterocycles. The largest absolute Gasteiger partial charge is 0.279 e. The summed E-state index contributed by atoms with van der Waals surface area (Å²) in [5.74, 6) is 0.863. The molecule has 1 saturated heterocycles. The van der Waals surface area contributed by atoms with Crippen LogP contribution in [0.3, 0.4) is 0 Å². The summed E-state index contributed by atoms with van der Waals surface area (Å²) >= 11 is 19.8. The van der Waals surface area contributed by atoms with Crippen molar-refractivity contribution in [2.24, 2.45) is 0 Å². The molecule has 3 rings (SSSR count). The monoisotopic (exact) mass is 358 g/mol. The summed E-state index contributed by atoms with van der Waals surface area (Å²) in [4.78, 5) is 18.0. The van der Waals surface area contributed by atoms with E-state index in [0.717, 1.165) is 5.56 Å². The van der Waals surface area contributed by atoms with Gasteiger partial charge in [0.25, 0.3) is 0 Å². The predicted molar refractivity (Wildman–Crippen MR) is 88.4 cm³/mol. The van der Waals surface area contributed by atoms with Gasteiger partial charge in [-0.1, -0.05) is 40.9 Å². The quantitative estimate of drug-likeness (QED) is 0.770. The van der Waals surface area contributed by atoms with Gasteiger partial charge in [-0.25, -0.2) is 4.98 Å². The standard InChI is InChI=1S/C14H9Cl3N2OS/c15-8-4-5-11(18-6-8)19-12(20)7-21-14(19)13-9(16)2-1-3-10(13)17/h1-6,14H,7H2. The number of carbonyl (C=O) groups is 1. The zero-order chi connectivity index (χ0) is 15.0. The molecule has 2 heterocycles. The predicted octanol–water partition coefficient (Wildman–Crippen LogP) is 4.82. The van der Waals surface area contributed by atoms with Gasteiger partial charge in [0, 0.05) is 21.8 Å². The van der Waals surface area contributed by atoms with Crippen molar-refractivity contribution in [1.82, 2.24) is 4.98 Å². The van der Waals surface area contributed by atoms with Crippen LogP contribution >= 0.6 is 46.6 Å². The third-order valence-electron chi connectivity index (χ3n) is 3.07. The number of rotatable bonds is 2. The molecule has 1 atom stereocenters. The number of aromatic nitrogens is 1. The van der Waals surface area contributed by atoms with E-state index in [1.165, 1.54) is 18.0 Å². The Kier molecular flexibility index (Phi) is 4.31. The zero-order valence-electron chi connectivity index (χ0n) is 10.6. The first-order valence-corrected chi connectivity index (χ1v) is 8.25. The lowest BCUT2D eigenvalue weighted by Crippen LogP contribution is -2.28. The van der Waals surface area contributed by atoms with Gasteiger partial charge in [-0.3, -0.25) is 9.69 Å². The Hall–Kier alpha value is -0.940. The van der Waals surface area contributed by atoms with E-state index in [0.29, 0.717) is 26.6 Å². The molecule has 0 saturated carbocycles. The minimum Gasteiger partial charge on any atom is -0.279 e. The summed E-state index contributed by atoms with van der Waals surface area (Å²) in [5, 5.41) is 1.31. The van der Waals surface area contributed by atoms with Crippen LogP contribution in [0.15, 0.2) is 36.5 Å². The molecule has 0 spiro atoms. The van der Waals surface area contributed by atoms with Gasteiger partial charge in [-0.15, -0.1) is 11.8 Å². The van der Waals surface area contributed by atoms with Crippen LogP contribution in [0, 0.1) is 0 Å². The highest BCUT2D eigenvalue weighted by atomic mass is 35.5. The molecule has 1 aliphatic heterocycles. The van der Waals surface area contributed by atoms with E-state index in [2.05, 4.69) is 4.98 Å². The number of halogens is 3. The second kappa shape index (κ2) is 6.05. The Morgan fingerprint density at radius 1 is 1.14 bits per heavy atom. The lowest BCUT2D eigenvalue weighted by atomic mass is 10.2. The van der Waals surface area contributed by atoms with E-state index < -0.39 is 0 Å². The topological polar surface area (TPSA) is 33.2 Å². The summed E-state index contributed by atoms with van der Waals surface area (Å²) in [6.07, 6.45) is 1.51. The second-order valence-electron chi connectivity index (χ2n) is 4.40. The fourth-order valence-electron chi connectivity index (χ4n) is 2.14. The first-order chi connectivity index (χ1) is 10.1. The van der Waals surface area contributed by atoms with E-state index in [9.17, 15) is 4.79 Å². The average Bonchev–Trinajstić information content (AvgIpc) is 2.82. The third-order valence-corrected chi connectivity index (χ3v) is 5.13. The van der Waals surface area contributed by atoms with Crippen LogP contribution in [0.5, 0.6) is 0 Å². The molecular weight excluding hydrogens is 351 g/mol. The Morgan fingerprint density at radius 2 is 1.86 bits per heavy atom. The van der Waals surface area contributed by atoms with E-state index in [4.69, 9.17) is 34.8 Å². The van der Waals surface area contributed by atoms with Crippen LogP contribution < -0.4 is 4.90 Å². The van der Waals surface area contributed by atoms with Gasteiger partial charge in [0.2, 0.25) is 5.91 Å². The molecule has 1 aromatic carbocycles. The number of hydrogen-bond donors (Lipinski definition) is 0. The molecule has 1 amide bonds. The number of carbonyl (C=O) groups excluding carboxylic acids is 1. The minimum atomic E-state index is -0.285. The van der Waals surface area contributed by atoms with Crippen molar-refractivity contribution >= 4 is 58.3 Å². The molecule has 0 radical (unpaired) electrons. The van der Waals surface area contributed by atoms with E-state index in [1.54, 1.807) is 35.2 Å². The van der Waals surface area contributed by atoms with Gasteiger partial charge in [-0.05, 0) is 24.3 Å². The number of pyridine rings is 1. The van der Waals surface area contributed by atoms with E-state index in [1.807, 2.05) is 0 Å². The molecule has 21 heavy (non-hydrogen) atoms. The van der Waals surface area contributed by atoms with Crippen molar-refractivity contribution < 1.29 is 4.79 Å². The fraction of sp³-hybridized carbons (Fsp3) is 0.143. The fourth-order valence-corrected chi connectivity index (χ4v) is 4.22. The smallest absolute Gasteiger partial charge is 0.239 e. The Bertz CT molecular complexity index is 673. The average molecular weight is 360 g/mol. The first-order valence-electron chi connectivity index (χ1n) is 6.07. The van der Waals surface area contributed by atoms with Crippen molar-refractivity contribution in [3.8, 4) is 0 Å². The molecule has 2 aromatic rings. The highest BCUT2D eigenvalue weighted by Gasteiger charge is 2.37. The van der Waals surface area contributed by atoms with Crippen LogP contribution in [0.25, 0.3) is 0 Å². The molecule has 3 nitrogen and oxygen atoms in total. The normalized spacial score (nSPS) is 18.3. The van der Waals surface area contributed by atoms with E-state index >= 15 is 0 Å². The number of nitrogens with zero attached hydrogens (tertiary/aromatic N) is 2. The second-order valence-corrected chi connectivity index (χ2v) is 6.72. The summed E-state index contributed by atoms with van der Waals surface area (Å²) in [7, 11) is 0. The van der Waals surface area contributed by atoms with Gasteiger partial charge in [0.15, 0.2) is 0 Å². The molecule has 108 valence electrons. The number of thioether (sulfide) groups is 1. The lowest BCUT2D eigenvalue weighted by Gasteiger charge is -2.24. The maximum Gasteiger partial charge on any atom is 0.239 e. The van der Waals surface area contributed by atoms with Gasteiger partial charge in [0.05, 0.1) is 10.8 Å². The van der Waals surface area contributed by atoms with Crippen molar-refractivity contribution in [3.05, 3.63) is 57.2 Å². The summed E-state index contributed by atoms with van der Waals surface area (Å²) in [6.45, 7) is 0. The van der Waals surface area contributed by atoms with Crippen molar-refractivity contribution in [2.45, 2.75) is 5.37 Å². The maximum absolute atomic E-state index is 12.2. The number of hydrogen-bond acceptors (Lipinski definition) is 3. The first kappa shape index (κ1) is 15.0. The molecule has 0 aliphatic carbocycles.